The summed E-state index contributed by atoms with van der Waals surface area (Å²) in [5, 5.41) is 7.62. The molecule has 2 aromatic carbocycles. The highest BCUT2D eigenvalue weighted by Gasteiger charge is 2.32. The molecule has 0 amide bonds. The number of hydrogen-bond donors (Lipinski definition) is 2. The monoisotopic (exact) mass is 549 g/mol. The fourth-order valence-corrected chi connectivity index (χ4v) is 5.73. The third-order valence-electron chi connectivity index (χ3n) is 6.37. The van der Waals surface area contributed by atoms with Gasteiger partial charge in [0.25, 0.3) is 0 Å². The van der Waals surface area contributed by atoms with Gasteiger partial charge in [-0.15, -0.1) is 0 Å². The lowest BCUT2D eigenvalue weighted by Gasteiger charge is -2.25. The summed E-state index contributed by atoms with van der Waals surface area (Å²) in [6.45, 7) is 2.37. The maximum atomic E-state index is 12.9. The minimum atomic E-state index is -1.70. The second-order valence-corrected chi connectivity index (χ2v) is 10.3. The van der Waals surface area contributed by atoms with Crippen LogP contribution in [0.3, 0.4) is 0 Å². The van der Waals surface area contributed by atoms with Gasteiger partial charge in [0.15, 0.2) is 5.82 Å². The average Bonchev–Trinajstić information content (AvgIpc) is 3.60. The lowest BCUT2D eigenvalue weighted by Crippen LogP contribution is -2.38. The molecular formula is C28H32N5O5P. The third-order valence-corrected chi connectivity index (χ3v) is 7.66. The van der Waals surface area contributed by atoms with Crippen molar-refractivity contribution in [1.29, 1.82) is 0 Å². The Balaban J connectivity index is 1.26. The van der Waals surface area contributed by atoms with E-state index < -0.39 is 14.6 Å². The number of esters is 1. The van der Waals surface area contributed by atoms with Crippen LogP contribution in [0, 0.1) is 0 Å². The van der Waals surface area contributed by atoms with Gasteiger partial charge in [0, 0.05) is 0 Å². The van der Waals surface area contributed by atoms with E-state index in [4.69, 9.17) is 24.3 Å². The van der Waals surface area contributed by atoms with Crippen LogP contribution in [0.2, 0.25) is 0 Å². The molecule has 2 aromatic heterocycles. The lowest BCUT2D eigenvalue weighted by atomic mass is 10.1. The van der Waals surface area contributed by atoms with E-state index in [0.717, 1.165) is 29.6 Å². The van der Waals surface area contributed by atoms with Crippen LogP contribution in [0.15, 0.2) is 79.1 Å². The lowest BCUT2D eigenvalue weighted by molar-refractivity contribution is -0.145. The van der Waals surface area contributed by atoms with E-state index in [0.29, 0.717) is 24.6 Å². The molecule has 1 fully saturated rings. The number of para-hydroxylation sites is 1. The number of ether oxygens (including phenoxy) is 2. The van der Waals surface area contributed by atoms with Crippen molar-refractivity contribution in [1.82, 2.24) is 19.7 Å². The first-order chi connectivity index (χ1) is 19.1. The van der Waals surface area contributed by atoms with Crippen molar-refractivity contribution in [2.24, 2.45) is 0 Å². The zero-order valence-corrected chi connectivity index (χ0v) is 22.6. The molecule has 1 aliphatic heterocycles. The Kier molecular flexibility index (Phi) is 9.00. The average molecular weight is 550 g/mol. The molecule has 0 spiro atoms. The summed E-state index contributed by atoms with van der Waals surface area (Å²) in [6, 6.07) is 22.4. The van der Waals surface area contributed by atoms with Crippen molar-refractivity contribution in [2.45, 2.75) is 44.4 Å². The molecule has 4 aromatic rings. The van der Waals surface area contributed by atoms with E-state index in [1.165, 1.54) is 6.33 Å². The van der Waals surface area contributed by atoms with Crippen LogP contribution in [0.4, 0.5) is 5.82 Å². The van der Waals surface area contributed by atoms with Crippen molar-refractivity contribution >= 4 is 25.8 Å². The van der Waals surface area contributed by atoms with Gasteiger partial charge >= 0.3 is 14.5 Å². The number of anilines is 1. The van der Waals surface area contributed by atoms with Gasteiger partial charge in [0.05, 0.1) is 25.0 Å². The highest BCUT2D eigenvalue weighted by atomic mass is 31.2. The maximum absolute atomic E-state index is 12.9. The SMILES string of the molecule is CCOC(=O)C(Cc1ccccc1)NP(OCC1CCC(c2ccc3c(N)ncnn23)O1)Oc1ccccc1. The number of carbonyl (C=O) groups excluding carboxylic acids is 1. The van der Waals surface area contributed by atoms with Gasteiger partial charge in [-0.3, -0.25) is 4.79 Å². The predicted molar refractivity (Wildman–Crippen MR) is 148 cm³/mol. The molecule has 5 rings (SSSR count). The number of carbonyl (C=O) groups is 1. The van der Waals surface area contributed by atoms with E-state index >= 15 is 0 Å². The molecule has 1 saturated heterocycles. The number of hydrogen-bond acceptors (Lipinski definition) is 9. The fourth-order valence-electron chi connectivity index (χ4n) is 4.48. The normalized spacial score (nSPS) is 18.6. The number of nitrogen functional groups attached to an aromatic ring is 1. The van der Waals surface area contributed by atoms with Crippen molar-refractivity contribution < 1.29 is 23.3 Å². The molecule has 11 heteroatoms. The van der Waals surface area contributed by atoms with Crippen molar-refractivity contribution in [3.63, 3.8) is 0 Å². The van der Waals surface area contributed by atoms with Crippen LogP contribution in [-0.2, 0) is 25.2 Å². The molecule has 10 nitrogen and oxygen atoms in total. The first kappa shape index (κ1) is 27.0. The van der Waals surface area contributed by atoms with Crippen LogP contribution in [0.1, 0.15) is 37.1 Å². The third kappa shape index (κ3) is 6.91. The van der Waals surface area contributed by atoms with Gasteiger partial charge in [0.1, 0.15) is 29.7 Å². The van der Waals surface area contributed by atoms with Gasteiger partial charge in [-0.1, -0.05) is 48.5 Å². The molecule has 4 atom stereocenters. The Labute approximate surface area is 228 Å². The summed E-state index contributed by atoms with van der Waals surface area (Å²) in [5.41, 5.74) is 8.66. The number of nitrogens with two attached hydrogens (primary N) is 1. The highest BCUT2D eigenvalue weighted by molar-refractivity contribution is 7.45. The van der Waals surface area contributed by atoms with Crippen molar-refractivity contribution in [2.75, 3.05) is 18.9 Å². The molecule has 3 N–H and O–H groups in total. The molecule has 0 radical (unpaired) electrons. The Hall–Kier alpha value is -3.56. The van der Waals surface area contributed by atoms with Gasteiger partial charge in [0.2, 0.25) is 0 Å². The second-order valence-electron chi connectivity index (χ2n) is 9.11. The van der Waals surface area contributed by atoms with Gasteiger partial charge in [-0.2, -0.15) is 5.10 Å². The van der Waals surface area contributed by atoms with E-state index in [-0.39, 0.29) is 24.8 Å². The molecule has 39 heavy (non-hydrogen) atoms. The number of aromatic nitrogens is 3. The summed E-state index contributed by atoms with van der Waals surface area (Å²) in [6.07, 6.45) is 3.20. The molecule has 4 unspecified atom stereocenters. The largest absolute Gasteiger partial charge is 0.465 e. The Morgan fingerprint density at radius 1 is 1.13 bits per heavy atom. The topological polar surface area (TPSA) is 122 Å². The first-order valence-corrected chi connectivity index (χ1v) is 14.1. The molecule has 204 valence electrons. The van der Waals surface area contributed by atoms with Crippen molar-refractivity contribution in [3.05, 3.63) is 90.4 Å². The zero-order chi connectivity index (χ0) is 27.0. The summed E-state index contributed by atoms with van der Waals surface area (Å²) < 4.78 is 25.9. The highest BCUT2D eigenvalue weighted by Crippen LogP contribution is 2.39. The number of nitrogens with zero attached hydrogens (tertiary/aromatic N) is 3. The van der Waals surface area contributed by atoms with Crippen LogP contribution < -0.4 is 15.3 Å². The molecular weight excluding hydrogens is 517 g/mol. The molecule has 0 aliphatic carbocycles. The Morgan fingerprint density at radius 2 is 1.90 bits per heavy atom. The summed E-state index contributed by atoms with van der Waals surface area (Å²) >= 11 is 0. The number of rotatable bonds is 12. The maximum Gasteiger partial charge on any atom is 0.323 e. The van der Waals surface area contributed by atoms with Crippen molar-refractivity contribution in [3.8, 4) is 5.75 Å². The standard InChI is InChI=1S/C28H32N5O5P/c1-2-35-28(34)23(17-20-9-5-3-6-10-20)32-39(38-21-11-7-4-8-12-21)36-18-22-13-16-26(37-22)24-14-15-25-27(29)30-19-31-33(24)25/h3-12,14-15,19,22-23,26,32H,2,13,16-18H2,1H3,(H2,29,30,31). The summed E-state index contributed by atoms with van der Waals surface area (Å²) in [5.74, 6) is 0.712. The van der Waals surface area contributed by atoms with Crippen LogP contribution in [0.25, 0.3) is 5.52 Å². The van der Waals surface area contributed by atoms with Crippen LogP contribution >= 0.6 is 8.53 Å². The molecule has 1 aliphatic rings. The van der Waals surface area contributed by atoms with E-state index in [1.54, 1.807) is 11.4 Å². The number of fused-ring (bicyclic) bond motifs is 1. The van der Waals surface area contributed by atoms with E-state index in [2.05, 4.69) is 15.2 Å². The minimum Gasteiger partial charge on any atom is -0.465 e. The number of benzene rings is 2. The number of nitrogens with one attached hydrogen (secondary N) is 1. The second kappa shape index (κ2) is 13.0. The van der Waals surface area contributed by atoms with E-state index in [1.807, 2.05) is 72.8 Å². The Bertz CT molecular complexity index is 1360. The predicted octanol–water partition coefficient (Wildman–Crippen LogP) is 4.62. The smallest absolute Gasteiger partial charge is 0.323 e. The van der Waals surface area contributed by atoms with Crippen LogP contribution in [-0.4, -0.2) is 45.9 Å². The van der Waals surface area contributed by atoms with Crippen LogP contribution in [0.5, 0.6) is 5.75 Å². The first-order valence-electron chi connectivity index (χ1n) is 13.0. The summed E-state index contributed by atoms with van der Waals surface area (Å²) in [4.78, 5) is 16.9. The Morgan fingerprint density at radius 3 is 2.67 bits per heavy atom. The van der Waals surface area contributed by atoms with E-state index in [9.17, 15) is 4.79 Å². The van der Waals surface area contributed by atoms with Gasteiger partial charge < -0.3 is 24.3 Å². The van der Waals surface area contributed by atoms with Gasteiger partial charge in [-0.25, -0.2) is 14.6 Å². The van der Waals surface area contributed by atoms with Gasteiger partial charge in [-0.05, 0) is 56.0 Å². The molecule has 3 heterocycles. The molecule has 0 bridgehead atoms. The molecule has 0 saturated carbocycles. The quantitative estimate of drug-likeness (QED) is 0.193. The fraction of sp³-hybridized carbons (Fsp3) is 0.321. The zero-order valence-electron chi connectivity index (χ0n) is 21.7. The minimum absolute atomic E-state index is 0.144. The summed E-state index contributed by atoms with van der Waals surface area (Å²) in [7, 11) is -1.70.